The molecule has 1 aliphatic rings. The second kappa shape index (κ2) is 4.63. The molecular weight excluding hydrogens is 281 g/mol. The number of alkyl halides is 1. The van der Waals surface area contributed by atoms with Gasteiger partial charge in [0.15, 0.2) is 11.5 Å². The molecule has 0 aliphatic carbocycles. The van der Waals surface area contributed by atoms with Gasteiger partial charge in [0.25, 0.3) is 0 Å². The van der Waals surface area contributed by atoms with Crippen molar-refractivity contribution >= 4 is 17.0 Å². The summed E-state index contributed by atoms with van der Waals surface area (Å²) in [4.78, 5) is 11.9. The van der Waals surface area contributed by atoms with E-state index in [-0.39, 0.29) is 12.2 Å². The Morgan fingerprint density at radius 1 is 1.57 bits per heavy atom. The molecule has 110 valence electrons. The van der Waals surface area contributed by atoms with Crippen molar-refractivity contribution in [3.63, 3.8) is 0 Å². The third kappa shape index (κ3) is 1.84. The second-order valence-corrected chi connectivity index (χ2v) is 4.68. The maximum atomic E-state index is 13.4. The van der Waals surface area contributed by atoms with Crippen molar-refractivity contribution in [3.05, 3.63) is 12.7 Å². The number of halogens is 1. The number of aliphatic hydroxyl groups is 2. The van der Waals surface area contributed by atoms with E-state index in [1.54, 1.807) is 0 Å². The van der Waals surface area contributed by atoms with E-state index in [4.69, 9.17) is 16.9 Å². The number of rotatable bonds is 2. The molecule has 2 aromatic heterocycles. The van der Waals surface area contributed by atoms with Crippen LogP contribution in [0.3, 0.4) is 0 Å². The second-order valence-electron chi connectivity index (χ2n) is 4.68. The van der Waals surface area contributed by atoms with Gasteiger partial charge in [-0.15, -0.1) is 6.42 Å². The largest absolute Gasteiger partial charge is 0.389 e. The third-order valence-corrected chi connectivity index (χ3v) is 3.53. The fourth-order valence-corrected chi connectivity index (χ4v) is 2.38. The minimum atomic E-state index is -2.52. The van der Waals surface area contributed by atoms with Gasteiger partial charge in [-0.25, -0.2) is 19.3 Å². The number of hydrogen-bond acceptors (Lipinski definition) is 7. The summed E-state index contributed by atoms with van der Waals surface area (Å²) < 4.78 is 20.2. The predicted molar refractivity (Wildman–Crippen MR) is 69.2 cm³/mol. The number of aromatic nitrogens is 4. The molecule has 0 aromatic carbocycles. The van der Waals surface area contributed by atoms with Gasteiger partial charge in [0.1, 0.15) is 24.2 Å². The van der Waals surface area contributed by atoms with Crippen LogP contribution in [0.2, 0.25) is 0 Å². The van der Waals surface area contributed by atoms with E-state index in [1.165, 1.54) is 17.2 Å². The van der Waals surface area contributed by atoms with Gasteiger partial charge in [-0.05, 0) is 0 Å². The zero-order valence-electron chi connectivity index (χ0n) is 10.7. The summed E-state index contributed by atoms with van der Waals surface area (Å²) in [6.45, 7) is 0. The molecule has 9 heteroatoms. The molecule has 1 aliphatic heterocycles. The molecule has 1 unspecified atom stereocenters. The van der Waals surface area contributed by atoms with E-state index in [2.05, 4.69) is 15.0 Å². The molecule has 4 N–H and O–H groups in total. The lowest BCUT2D eigenvalue weighted by Crippen LogP contribution is -2.46. The molecule has 0 saturated carbocycles. The minimum Gasteiger partial charge on any atom is -0.389 e. The van der Waals surface area contributed by atoms with Gasteiger partial charge >= 0.3 is 0 Å². The number of hydrogen-bond donors (Lipinski definition) is 3. The van der Waals surface area contributed by atoms with Crippen LogP contribution in [0.4, 0.5) is 10.2 Å². The number of terminal acetylenes is 1. The topological polar surface area (TPSA) is 119 Å². The molecule has 1 fully saturated rings. The SMILES string of the molecule is C#C[C@]1(C(O)F)O[C@@H](n2cnc3c(N)ncnc32)C[C@@H]1O. The fraction of sp³-hybridized carbons (Fsp3) is 0.417. The van der Waals surface area contributed by atoms with E-state index >= 15 is 0 Å². The molecule has 0 amide bonds. The van der Waals surface area contributed by atoms with Crippen LogP contribution in [0.15, 0.2) is 12.7 Å². The molecule has 8 nitrogen and oxygen atoms in total. The Bertz CT molecular complexity index is 727. The van der Waals surface area contributed by atoms with Gasteiger partial charge in [0.2, 0.25) is 12.0 Å². The third-order valence-electron chi connectivity index (χ3n) is 3.53. The van der Waals surface area contributed by atoms with Gasteiger partial charge in [0, 0.05) is 6.42 Å². The van der Waals surface area contributed by atoms with E-state index in [0.29, 0.717) is 11.2 Å². The lowest BCUT2D eigenvalue weighted by atomic mass is 9.98. The van der Waals surface area contributed by atoms with Gasteiger partial charge in [-0.1, -0.05) is 5.92 Å². The van der Waals surface area contributed by atoms with Crippen LogP contribution in [-0.2, 0) is 4.74 Å². The van der Waals surface area contributed by atoms with Gasteiger partial charge in [-0.2, -0.15) is 0 Å². The Morgan fingerprint density at radius 3 is 2.95 bits per heavy atom. The van der Waals surface area contributed by atoms with E-state index in [9.17, 15) is 14.6 Å². The first-order chi connectivity index (χ1) is 9.99. The fourth-order valence-electron chi connectivity index (χ4n) is 2.38. The van der Waals surface area contributed by atoms with Crippen LogP contribution >= 0.6 is 0 Å². The molecule has 2 aromatic rings. The summed E-state index contributed by atoms with van der Waals surface area (Å²) in [5.41, 5.74) is 4.28. The summed E-state index contributed by atoms with van der Waals surface area (Å²) in [5.74, 6) is 2.18. The van der Waals surface area contributed by atoms with Crippen LogP contribution < -0.4 is 5.73 Å². The Balaban J connectivity index is 2.02. The van der Waals surface area contributed by atoms with Crippen molar-refractivity contribution in [2.45, 2.75) is 30.7 Å². The number of nitrogens with two attached hydrogens (primary N) is 1. The van der Waals surface area contributed by atoms with Crippen molar-refractivity contribution < 1.29 is 19.3 Å². The number of ether oxygens (including phenoxy) is 1. The maximum Gasteiger partial charge on any atom is 0.239 e. The lowest BCUT2D eigenvalue weighted by Gasteiger charge is -2.26. The highest BCUT2D eigenvalue weighted by Gasteiger charge is 2.53. The molecule has 21 heavy (non-hydrogen) atoms. The standard InChI is InChI=1S/C12H12FN5O3/c1-2-12(11(13)20)6(19)3-7(21-12)18-5-17-8-9(14)15-4-16-10(8)18/h1,4-7,11,19-20H,3H2,(H2,14,15,16)/t6-,7+,11?,12-/m0/s1. The summed E-state index contributed by atoms with van der Waals surface area (Å²) in [5, 5.41) is 19.1. The first-order valence-electron chi connectivity index (χ1n) is 6.08. The zero-order valence-corrected chi connectivity index (χ0v) is 10.7. The quantitative estimate of drug-likeness (QED) is 0.629. The summed E-state index contributed by atoms with van der Waals surface area (Å²) in [6, 6.07) is 0. The molecule has 0 radical (unpaired) electrons. The highest BCUT2D eigenvalue weighted by atomic mass is 19.1. The monoisotopic (exact) mass is 293 g/mol. The van der Waals surface area contributed by atoms with Crippen LogP contribution in [0.25, 0.3) is 11.2 Å². The first-order valence-corrected chi connectivity index (χ1v) is 6.08. The lowest BCUT2D eigenvalue weighted by molar-refractivity contribution is -0.171. The highest BCUT2D eigenvalue weighted by molar-refractivity contribution is 5.81. The van der Waals surface area contributed by atoms with Gasteiger partial charge < -0.3 is 20.7 Å². The Kier molecular flexibility index (Phi) is 3.02. The summed E-state index contributed by atoms with van der Waals surface area (Å²) in [6.07, 6.45) is 3.09. The number of aliphatic hydroxyl groups excluding tert-OH is 2. The molecular formula is C12H12FN5O3. The number of anilines is 1. The van der Waals surface area contributed by atoms with Gasteiger partial charge in [0.05, 0.1) is 6.33 Å². The maximum absolute atomic E-state index is 13.4. The zero-order chi connectivity index (χ0) is 15.2. The Hall–Kier alpha value is -2.28. The molecule has 0 bridgehead atoms. The van der Waals surface area contributed by atoms with Crippen LogP contribution in [0.5, 0.6) is 0 Å². The van der Waals surface area contributed by atoms with E-state index in [0.717, 1.165) is 0 Å². The highest BCUT2D eigenvalue weighted by Crippen LogP contribution is 2.40. The van der Waals surface area contributed by atoms with Crippen LogP contribution in [0.1, 0.15) is 12.6 Å². The molecule has 0 spiro atoms. The van der Waals surface area contributed by atoms with E-state index < -0.39 is 24.3 Å². The Morgan fingerprint density at radius 2 is 2.33 bits per heavy atom. The molecule has 3 heterocycles. The smallest absolute Gasteiger partial charge is 0.239 e. The van der Waals surface area contributed by atoms with Crippen LogP contribution in [-0.4, -0.2) is 47.8 Å². The van der Waals surface area contributed by atoms with Crippen molar-refractivity contribution in [1.29, 1.82) is 0 Å². The summed E-state index contributed by atoms with van der Waals surface area (Å²) in [7, 11) is 0. The number of nitrogens with zero attached hydrogens (tertiary/aromatic N) is 4. The van der Waals surface area contributed by atoms with Crippen LogP contribution in [0, 0.1) is 12.3 Å². The average molecular weight is 293 g/mol. The van der Waals surface area contributed by atoms with Gasteiger partial charge in [-0.3, -0.25) is 4.57 Å². The summed E-state index contributed by atoms with van der Waals surface area (Å²) >= 11 is 0. The molecule has 4 atom stereocenters. The minimum absolute atomic E-state index is 0.0272. The normalized spacial score (nSPS) is 30.4. The number of nitrogen functional groups attached to an aromatic ring is 1. The van der Waals surface area contributed by atoms with Crippen molar-refractivity contribution in [2.75, 3.05) is 5.73 Å². The predicted octanol–water partition coefficient (Wildman–Crippen LogP) is -0.652. The first kappa shape index (κ1) is 13.7. The number of imidazole rings is 1. The Labute approximate surface area is 118 Å². The number of fused-ring (bicyclic) bond motifs is 1. The average Bonchev–Trinajstić information content (AvgIpc) is 3.01. The van der Waals surface area contributed by atoms with E-state index in [1.807, 2.05) is 5.92 Å². The van der Waals surface area contributed by atoms with Crippen molar-refractivity contribution in [2.24, 2.45) is 0 Å². The molecule has 3 rings (SSSR count). The van der Waals surface area contributed by atoms with Crippen molar-refractivity contribution in [1.82, 2.24) is 19.5 Å². The van der Waals surface area contributed by atoms with Crippen molar-refractivity contribution in [3.8, 4) is 12.3 Å². The molecule has 1 saturated heterocycles.